The lowest BCUT2D eigenvalue weighted by Gasteiger charge is -2.19. The Morgan fingerprint density at radius 2 is 1.76 bits per heavy atom. The van der Waals surface area contributed by atoms with Crippen molar-refractivity contribution < 1.29 is 28.5 Å². The van der Waals surface area contributed by atoms with Crippen molar-refractivity contribution in [1.29, 1.82) is 0 Å². The van der Waals surface area contributed by atoms with Gasteiger partial charge in [-0.05, 0) is 13.8 Å². The van der Waals surface area contributed by atoms with Crippen LogP contribution in [0.15, 0.2) is 0 Å². The molecule has 0 aromatic carbocycles. The summed E-state index contributed by atoms with van der Waals surface area (Å²) >= 11 is 0. The number of ether oxygens (including phenoxy) is 4. The van der Waals surface area contributed by atoms with Crippen LogP contribution in [0.25, 0.3) is 0 Å². The molecule has 0 aromatic rings. The molecule has 0 N–H and O–H groups in total. The Kier molecular flexibility index (Phi) is 5.93. The van der Waals surface area contributed by atoms with E-state index in [0.717, 1.165) is 0 Å². The van der Waals surface area contributed by atoms with Crippen molar-refractivity contribution in [3.63, 3.8) is 0 Å². The average molecular weight is 246 g/mol. The lowest BCUT2D eigenvalue weighted by molar-refractivity contribution is -0.170. The predicted molar refractivity (Wildman–Crippen MR) is 57.1 cm³/mol. The summed E-state index contributed by atoms with van der Waals surface area (Å²) < 4.78 is 20.2. The van der Waals surface area contributed by atoms with E-state index in [1.54, 1.807) is 13.8 Å². The van der Waals surface area contributed by atoms with Gasteiger partial charge in [-0.1, -0.05) is 0 Å². The van der Waals surface area contributed by atoms with E-state index < -0.39 is 24.1 Å². The van der Waals surface area contributed by atoms with Gasteiger partial charge in [-0.15, -0.1) is 0 Å². The molecule has 1 heterocycles. The number of hydrogen-bond acceptors (Lipinski definition) is 6. The van der Waals surface area contributed by atoms with E-state index in [2.05, 4.69) is 0 Å². The second-order valence-electron chi connectivity index (χ2n) is 3.48. The van der Waals surface area contributed by atoms with Crippen molar-refractivity contribution in [2.75, 3.05) is 26.4 Å². The molecular formula is C11H18O6. The van der Waals surface area contributed by atoms with Gasteiger partial charge in [0.1, 0.15) is 5.92 Å². The van der Waals surface area contributed by atoms with Crippen LogP contribution in [-0.4, -0.2) is 44.7 Å². The molecule has 98 valence electrons. The quantitative estimate of drug-likeness (QED) is 0.635. The van der Waals surface area contributed by atoms with Crippen molar-refractivity contribution in [3.8, 4) is 0 Å². The van der Waals surface area contributed by atoms with Gasteiger partial charge in [-0.25, -0.2) is 0 Å². The molecule has 1 aliphatic rings. The van der Waals surface area contributed by atoms with E-state index in [1.165, 1.54) is 0 Å². The molecule has 1 aliphatic heterocycles. The normalized spacial score (nSPS) is 17.8. The second kappa shape index (κ2) is 7.24. The van der Waals surface area contributed by atoms with Crippen LogP contribution < -0.4 is 0 Å². The minimum atomic E-state index is -0.753. The molecule has 17 heavy (non-hydrogen) atoms. The van der Waals surface area contributed by atoms with E-state index in [1.807, 2.05) is 0 Å². The zero-order valence-electron chi connectivity index (χ0n) is 10.1. The summed E-state index contributed by atoms with van der Waals surface area (Å²) in [7, 11) is 0. The highest BCUT2D eigenvalue weighted by Gasteiger charge is 2.36. The van der Waals surface area contributed by atoms with Gasteiger partial charge in [0.05, 0.1) is 32.8 Å². The lowest BCUT2D eigenvalue weighted by atomic mass is 10.1. The molecule has 0 bridgehead atoms. The Balaban J connectivity index is 2.57. The fourth-order valence-electron chi connectivity index (χ4n) is 1.55. The third kappa shape index (κ3) is 4.32. The Morgan fingerprint density at radius 1 is 1.18 bits per heavy atom. The molecule has 6 nitrogen and oxygen atoms in total. The molecule has 1 fully saturated rings. The first kappa shape index (κ1) is 13.9. The standard InChI is InChI=1S/C11H18O6/c1-3-14-9(12)7-8(10(13)15-4-2)11-16-5-6-17-11/h8,11H,3-7H2,1-2H3. The first-order valence-electron chi connectivity index (χ1n) is 5.74. The summed E-state index contributed by atoms with van der Waals surface area (Å²) in [6, 6.07) is 0. The molecule has 0 spiro atoms. The van der Waals surface area contributed by atoms with Crippen molar-refractivity contribution in [3.05, 3.63) is 0 Å². The number of carbonyl (C=O) groups is 2. The summed E-state index contributed by atoms with van der Waals surface area (Å²) in [5.41, 5.74) is 0. The van der Waals surface area contributed by atoms with Gasteiger partial charge in [-0.3, -0.25) is 9.59 Å². The average Bonchev–Trinajstić information content (AvgIpc) is 2.79. The molecule has 1 saturated heterocycles. The molecular weight excluding hydrogens is 228 g/mol. The molecule has 0 amide bonds. The van der Waals surface area contributed by atoms with Crippen LogP contribution in [0, 0.1) is 5.92 Å². The van der Waals surface area contributed by atoms with E-state index >= 15 is 0 Å². The number of carbonyl (C=O) groups excluding carboxylic acids is 2. The van der Waals surface area contributed by atoms with Gasteiger partial charge in [0.2, 0.25) is 0 Å². The Bertz CT molecular complexity index is 259. The summed E-state index contributed by atoms with van der Waals surface area (Å²) in [6.07, 6.45) is -0.796. The number of hydrogen-bond donors (Lipinski definition) is 0. The Hall–Kier alpha value is -1.14. The van der Waals surface area contributed by atoms with E-state index in [4.69, 9.17) is 18.9 Å². The van der Waals surface area contributed by atoms with Gasteiger partial charge in [0, 0.05) is 0 Å². The minimum Gasteiger partial charge on any atom is -0.466 e. The molecule has 1 unspecified atom stereocenters. The fourth-order valence-corrected chi connectivity index (χ4v) is 1.55. The van der Waals surface area contributed by atoms with Gasteiger partial charge >= 0.3 is 11.9 Å². The Labute approximate surface area is 100 Å². The second-order valence-corrected chi connectivity index (χ2v) is 3.48. The molecule has 1 rings (SSSR count). The lowest BCUT2D eigenvalue weighted by Crippen LogP contribution is -2.33. The molecule has 6 heteroatoms. The zero-order chi connectivity index (χ0) is 12.7. The molecule has 0 saturated carbocycles. The van der Waals surface area contributed by atoms with Gasteiger partial charge in [-0.2, -0.15) is 0 Å². The summed E-state index contributed by atoms with van der Waals surface area (Å²) in [5.74, 6) is -1.70. The topological polar surface area (TPSA) is 71.1 Å². The van der Waals surface area contributed by atoms with E-state index in [-0.39, 0.29) is 19.6 Å². The first-order valence-corrected chi connectivity index (χ1v) is 5.74. The van der Waals surface area contributed by atoms with Gasteiger partial charge in [0.25, 0.3) is 0 Å². The monoisotopic (exact) mass is 246 g/mol. The van der Waals surface area contributed by atoms with Crippen molar-refractivity contribution in [2.45, 2.75) is 26.6 Å². The fraction of sp³-hybridized carbons (Fsp3) is 0.818. The van der Waals surface area contributed by atoms with Crippen LogP contribution in [0.1, 0.15) is 20.3 Å². The molecule has 1 atom stereocenters. The SMILES string of the molecule is CCOC(=O)CC(C(=O)OCC)C1OCCO1. The van der Waals surface area contributed by atoms with E-state index in [0.29, 0.717) is 13.2 Å². The van der Waals surface area contributed by atoms with Crippen LogP contribution in [0.5, 0.6) is 0 Å². The highest BCUT2D eigenvalue weighted by molar-refractivity contribution is 5.80. The number of esters is 2. The van der Waals surface area contributed by atoms with Crippen LogP contribution >= 0.6 is 0 Å². The zero-order valence-corrected chi connectivity index (χ0v) is 10.1. The molecule has 0 radical (unpaired) electrons. The third-order valence-electron chi connectivity index (χ3n) is 2.26. The number of rotatable bonds is 6. The maximum absolute atomic E-state index is 11.7. The highest BCUT2D eigenvalue weighted by atomic mass is 16.7. The maximum Gasteiger partial charge on any atom is 0.314 e. The molecule has 0 aliphatic carbocycles. The third-order valence-corrected chi connectivity index (χ3v) is 2.26. The first-order chi connectivity index (χ1) is 8.19. The van der Waals surface area contributed by atoms with Crippen molar-refractivity contribution >= 4 is 11.9 Å². The summed E-state index contributed by atoms with van der Waals surface area (Å²) in [4.78, 5) is 23.1. The van der Waals surface area contributed by atoms with Crippen LogP contribution in [0.4, 0.5) is 0 Å². The summed E-state index contributed by atoms with van der Waals surface area (Å²) in [5, 5.41) is 0. The Morgan fingerprint density at radius 3 is 2.29 bits per heavy atom. The smallest absolute Gasteiger partial charge is 0.314 e. The highest BCUT2D eigenvalue weighted by Crippen LogP contribution is 2.20. The van der Waals surface area contributed by atoms with E-state index in [9.17, 15) is 9.59 Å². The molecule has 0 aromatic heterocycles. The largest absolute Gasteiger partial charge is 0.466 e. The predicted octanol–water partition coefficient (Wildman–Crippen LogP) is 0.492. The van der Waals surface area contributed by atoms with Crippen LogP contribution in [-0.2, 0) is 28.5 Å². The van der Waals surface area contributed by atoms with Crippen molar-refractivity contribution in [1.82, 2.24) is 0 Å². The maximum atomic E-state index is 11.7. The summed E-state index contributed by atoms with van der Waals surface area (Å²) in [6.45, 7) is 4.79. The van der Waals surface area contributed by atoms with Gasteiger partial charge in [0.15, 0.2) is 6.29 Å². The van der Waals surface area contributed by atoms with Gasteiger partial charge < -0.3 is 18.9 Å². The van der Waals surface area contributed by atoms with Crippen molar-refractivity contribution in [2.24, 2.45) is 5.92 Å². The minimum absolute atomic E-state index is 0.0860. The van der Waals surface area contributed by atoms with Crippen LogP contribution in [0.2, 0.25) is 0 Å². The van der Waals surface area contributed by atoms with Crippen LogP contribution in [0.3, 0.4) is 0 Å².